The number of nitrogens with zero attached hydrogens (tertiary/aromatic N) is 2. The zero-order valence-electron chi connectivity index (χ0n) is 12.8. The van der Waals surface area contributed by atoms with Gasteiger partial charge in [0.25, 0.3) is 11.8 Å². The number of imide groups is 2. The van der Waals surface area contributed by atoms with Crippen LogP contribution in [0.1, 0.15) is 0 Å². The molecule has 1 fully saturated rings. The van der Waals surface area contributed by atoms with E-state index in [2.05, 4.69) is 5.32 Å². The zero-order chi connectivity index (χ0) is 17.0. The first-order valence-corrected chi connectivity index (χ1v) is 6.85. The lowest BCUT2D eigenvalue weighted by Gasteiger charge is -2.28. The second kappa shape index (κ2) is 6.93. The molecule has 1 aliphatic heterocycles. The first kappa shape index (κ1) is 16.5. The van der Waals surface area contributed by atoms with Gasteiger partial charge < -0.3 is 14.7 Å². The number of likely N-dealkylation sites (N-methyl/N-ethyl adjacent to an activating group) is 1. The molecule has 1 aromatic carbocycles. The maximum absolute atomic E-state index is 12.6. The highest BCUT2D eigenvalue weighted by Crippen LogP contribution is 2.30. The number of aliphatic hydroxyl groups excluding tert-OH is 1. The number of barbiturate groups is 1. The van der Waals surface area contributed by atoms with Crippen molar-refractivity contribution in [3.05, 3.63) is 36.0 Å². The largest absolute Gasteiger partial charge is 0.495 e. The molecule has 0 aromatic heterocycles. The summed E-state index contributed by atoms with van der Waals surface area (Å²) in [6, 6.07) is 5.66. The van der Waals surface area contributed by atoms with Crippen LogP contribution in [0.25, 0.3) is 0 Å². The van der Waals surface area contributed by atoms with Crippen LogP contribution in [0.2, 0.25) is 0 Å². The number of carbonyl (C=O) groups is 3. The lowest BCUT2D eigenvalue weighted by Crippen LogP contribution is -2.54. The van der Waals surface area contributed by atoms with E-state index in [1.165, 1.54) is 18.2 Å². The van der Waals surface area contributed by atoms with Crippen molar-refractivity contribution in [2.24, 2.45) is 0 Å². The minimum Gasteiger partial charge on any atom is -0.495 e. The molecule has 0 spiro atoms. The van der Waals surface area contributed by atoms with Gasteiger partial charge >= 0.3 is 6.03 Å². The molecule has 122 valence electrons. The topological polar surface area (TPSA) is 99.2 Å². The molecule has 0 radical (unpaired) electrons. The third kappa shape index (κ3) is 3.32. The molecule has 4 amide bonds. The number of para-hydroxylation sites is 2. The van der Waals surface area contributed by atoms with Gasteiger partial charge in [0, 0.05) is 19.8 Å². The number of benzene rings is 1. The van der Waals surface area contributed by atoms with E-state index in [4.69, 9.17) is 9.84 Å². The van der Waals surface area contributed by atoms with Crippen LogP contribution >= 0.6 is 0 Å². The summed E-state index contributed by atoms with van der Waals surface area (Å²) in [4.78, 5) is 38.9. The fraction of sp³-hybridized carbons (Fsp3) is 0.267. The summed E-state index contributed by atoms with van der Waals surface area (Å²) in [6.45, 7) is 0.109. The van der Waals surface area contributed by atoms with E-state index < -0.39 is 17.8 Å². The highest BCUT2D eigenvalue weighted by atomic mass is 16.5. The molecule has 23 heavy (non-hydrogen) atoms. The lowest BCUT2D eigenvalue weighted by molar-refractivity contribution is -0.122. The fourth-order valence-electron chi connectivity index (χ4n) is 2.12. The molecule has 1 heterocycles. The predicted octanol–water partition coefficient (Wildman–Crippen LogP) is 0.0860. The number of nitrogens with one attached hydrogen (secondary N) is 1. The van der Waals surface area contributed by atoms with Crippen molar-refractivity contribution in [1.29, 1.82) is 0 Å². The molecule has 0 aliphatic carbocycles. The van der Waals surface area contributed by atoms with Crippen molar-refractivity contribution >= 4 is 23.5 Å². The molecule has 8 nitrogen and oxygen atoms in total. The predicted molar refractivity (Wildman–Crippen MR) is 81.8 cm³/mol. The van der Waals surface area contributed by atoms with E-state index in [0.717, 1.165) is 4.90 Å². The van der Waals surface area contributed by atoms with E-state index in [0.29, 0.717) is 5.75 Å². The standard InChI is InChI=1S/C15H17N3O5/c1-17(7-8-19)9-10-13(20)16-15(22)18(14(10)21)11-5-3-4-6-12(11)23-2/h3-6,9,19H,7-8H2,1-2H3,(H,16,20,22)/b10-9+. The monoisotopic (exact) mass is 319 g/mol. The lowest BCUT2D eigenvalue weighted by atomic mass is 10.1. The average Bonchev–Trinajstić information content (AvgIpc) is 2.52. The quantitative estimate of drug-likeness (QED) is 0.589. The van der Waals surface area contributed by atoms with Gasteiger partial charge in [0.05, 0.1) is 19.4 Å². The summed E-state index contributed by atoms with van der Waals surface area (Å²) in [5, 5.41) is 11.0. The van der Waals surface area contributed by atoms with Crippen LogP contribution in [0, 0.1) is 0 Å². The van der Waals surface area contributed by atoms with Crippen molar-refractivity contribution in [2.45, 2.75) is 0 Å². The number of rotatable bonds is 5. The van der Waals surface area contributed by atoms with Crippen molar-refractivity contribution in [2.75, 3.05) is 32.2 Å². The van der Waals surface area contributed by atoms with Gasteiger partial charge in [-0.1, -0.05) is 12.1 Å². The molecule has 0 bridgehead atoms. The van der Waals surface area contributed by atoms with E-state index >= 15 is 0 Å². The van der Waals surface area contributed by atoms with Crippen LogP contribution in [0.3, 0.4) is 0 Å². The summed E-state index contributed by atoms with van der Waals surface area (Å²) in [6.07, 6.45) is 1.29. The van der Waals surface area contributed by atoms with Gasteiger partial charge in [0.2, 0.25) is 0 Å². The Morgan fingerprint density at radius 1 is 1.30 bits per heavy atom. The normalized spacial score (nSPS) is 16.6. The number of ether oxygens (including phenoxy) is 1. The van der Waals surface area contributed by atoms with Gasteiger partial charge in [-0.2, -0.15) is 0 Å². The smallest absolute Gasteiger partial charge is 0.336 e. The number of hydrogen-bond acceptors (Lipinski definition) is 6. The van der Waals surface area contributed by atoms with E-state index in [1.54, 1.807) is 31.3 Å². The second-order valence-corrected chi connectivity index (χ2v) is 4.82. The molecule has 2 rings (SSSR count). The highest BCUT2D eigenvalue weighted by Gasteiger charge is 2.38. The Labute approximate surface area is 132 Å². The van der Waals surface area contributed by atoms with Gasteiger partial charge in [0.1, 0.15) is 11.3 Å². The first-order valence-electron chi connectivity index (χ1n) is 6.85. The number of amides is 4. The third-order valence-electron chi connectivity index (χ3n) is 3.23. The van der Waals surface area contributed by atoms with E-state index in [9.17, 15) is 14.4 Å². The molecule has 0 unspecified atom stereocenters. The van der Waals surface area contributed by atoms with Crippen molar-refractivity contribution < 1.29 is 24.2 Å². The Hall–Kier alpha value is -2.87. The van der Waals surface area contributed by atoms with Crippen LogP contribution in [-0.2, 0) is 9.59 Å². The van der Waals surface area contributed by atoms with Crippen LogP contribution < -0.4 is 15.0 Å². The molecule has 0 saturated carbocycles. The Kier molecular flexibility index (Phi) is 4.97. The summed E-state index contributed by atoms with van der Waals surface area (Å²) in [5.41, 5.74) is 0.0344. The molecular formula is C15H17N3O5. The van der Waals surface area contributed by atoms with Crippen molar-refractivity contribution in [3.8, 4) is 5.75 Å². The number of anilines is 1. The highest BCUT2D eigenvalue weighted by molar-refractivity contribution is 6.37. The number of carbonyl (C=O) groups excluding carboxylic acids is 3. The minimum atomic E-state index is -0.841. The average molecular weight is 319 g/mol. The van der Waals surface area contributed by atoms with Gasteiger partial charge in [0.15, 0.2) is 0 Å². The van der Waals surface area contributed by atoms with Crippen LogP contribution in [0.15, 0.2) is 36.0 Å². The zero-order valence-corrected chi connectivity index (χ0v) is 12.8. The Morgan fingerprint density at radius 3 is 2.65 bits per heavy atom. The maximum Gasteiger partial charge on any atom is 0.336 e. The van der Waals surface area contributed by atoms with Crippen LogP contribution in [0.5, 0.6) is 5.75 Å². The maximum atomic E-state index is 12.6. The number of urea groups is 1. The summed E-state index contributed by atoms with van der Waals surface area (Å²) in [7, 11) is 3.02. The second-order valence-electron chi connectivity index (χ2n) is 4.82. The van der Waals surface area contributed by atoms with Crippen molar-refractivity contribution in [3.63, 3.8) is 0 Å². The molecule has 1 saturated heterocycles. The van der Waals surface area contributed by atoms with Crippen molar-refractivity contribution in [1.82, 2.24) is 10.2 Å². The summed E-state index contributed by atoms with van der Waals surface area (Å²) >= 11 is 0. The molecule has 8 heteroatoms. The summed E-state index contributed by atoms with van der Waals surface area (Å²) in [5.74, 6) is -1.21. The summed E-state index contributed by atoms with van der Waals surface area (Å²) < 4.78 is 5.16. The SMILES string of the molecule is COc1ccccc1N1C(=O)NC(=O)/C(=C\N(C)CCO)C1=O. The van der Waals surface area contributed by atoms with Crippen LogP contribution in [-0.4, -0.2) is 55.2 Å². The molecule has 0 atom stereocenters. The minimum absolute atomic E-state index is 0.134. The fourth-order valence-corrected chi connectivity index (χ4v) is 2.12. The number of methoxy groups -OCH3 is 1. The number of hydrogen-bond donors (Lipinski definition) is 2. The van der Waals surface area contributed by atoms with Gasteiger partial charge in [-0.05, 0) is 12.1 Å². The molecule has 1 aromatic rings. The van der Waals surface area contributed by atoms with E-state index in [-0.39, 0.29) is 24.4 Å². The van der Waals surface area contributed by atoms with Gasteiger partial charge in [-0.15, -0.1) is 0 Å². The Balaban J connectivity index is 2.42. The third-order valence-corrected chi connectivity index (χ3v) is 3.23. The molecular weight excluding hydrogens is 302 g/mol. The van der Waals surface area contributed by atoms with Gasteiger partial charge in [-0.25, -0.2) is 9.69 Å². The Morgan fingerprint density at radius 2 is 2.00 bits per heavy atom. The van der Waals surface area contributed by atoms with E-state index in [1.807, 2.05) is 0 Å². The Bertz CT molecular complexity index is 671. The number of aliphatic hydroxyl groups is 1. The molecule has 1 aliphatic rings. The first-order chi connectivity index (χ1) is 11.0. The molecule has 2 N–H and O–H groups in total. The van der Waals surface area contributed by atoms with Crippen LogP contribution in [0.4, 0.5) is 10.5 Å². The van der Waals surface area contributed by atoms with Gasteiger partial charge in [-0.3, -0.25) is 14.9 Å².